The molecule has 0 spiro atoms. The van der Waals surface area contributed by atoms with E-state index in [1.165, 1.54) is 0 Å². The van der Waals surface area contributed by atoms with Gasteiger partial charge >= 0.3 is 0 Å². The molecule has 2 aromatic carbocycles. The number of ether oxygens (including phenoxy) is 3. The van der Waals surface area contributed by atoms with Crippen molar-refractivity contribution in [3.8, 4) is 17.2 Å². The third-order valence-electron chi connectivity index (χ3n) is 3.62. The smallest absolute Gasteiger partial charge is 0.251 e. The molecule has 0 atom stereocenters. The molecule has 2 aromatic rings. The predicted molar refractivity (Wildman–Crippen MR) is 86.2 cm³/mol. The molecular formula is C18H19NO4. The molecule has 1 heterocycles. The Morgan fingerprint density at radius 3 is 2.57 bits per heavy atom. The zero-order valence-corrected chi connectivity index (χ0v) is 13.0. The molecule has 0 aromatic heterocycles. The van der Waals surface area contributed by atoms with E-state index < -0.39 is 0 Å². The maximum Gasteiger partial charge on any atom is 0.251 e. The Morgan fingerprint density at radius 2 is 1.83 bits per heavy atom. The van der Waals surface area contributed by atoms with Crippen LogP contribution in [0.3, 0.4) is 0 Å². The minimum Gasteiger partial charge on any atom is -0.497 e. The van der Waals surface area contributed by atoms with Gasteiger partial charge in [0.25, 0.3) is 5.91 Å². The van der Waals surface area contributed by atoms with E-state index in [9.17, 15) is 4.79 Å². The van der Waals surface area contributed by atoms with Crippen LogP contribution >= 0.6 is 0 Å². The maximum atomic E-state index is 12.2. The van der Waals surface area contributed by atoms with Crippen molar-refractivity contribution in [3.63, 3.8) is 0 Å². The Balaban J connectivity index is 1.63. The molecule has 0 fully saturated rings. The molecule has 1 aliphatic rings. The van der Waals surface area contributed by atoms with Gasteiger partial charge in [-0.3, -0.25) is 4.79 Å². The molecule has 5 nitrogen and oxygen atoms in total. The van der Waals surface area contributed by atoms with Gasteiger partial charge in [-0.05, 0) is 42.0 Å². The van der Waals surface area contributed by atoms with E-state index in [-0.39, 0.29) is 5.91 Å². The summed E-state index contributed by atoms with van der Waals surface area (Å²) < 4.78 is 16.3. The molecule has 0 saturated carbocycles. The first-order chi connectivity index (χ1) is 11.3. The Labute approximate surface area is 135 Å². The summed E-state index contributed by atoms with van der Waals surface area (Å²) in [6.07, 6.45) is 0.873. The van der Waals surface area contributed by atoms with E-state index in [0.29, 0.717) is 25.3 Å². The Kier molecular flexibility index (Phi) is 4.66. The van der Waals surface area contributed by atoms with Gasteiger partial charge in [-0.1, -0.05) is 6.07 Å². The van der Waals surface area contributed by atoms with Crippen LogP contribution in [0.25, 0.3) is 0 Å². The summed E-state index contributed by atoms with van der Waals surface area (Å²) in [6, 6.07) is 12.7. The van der Waals surface area contributed by atoms with Crippen molar-refractivity contribution in [3.05, 3.63) is 53.6 Å². The van der Waals surface area contributed by atoms with Crippen molar-refractivity contribution in [2.75, 3.05) is 20.3 Å². The summed E-state index contributed by atoms with van der Waals surface area (Å²) in [7, 11) is 1.60. The quantitative estimate of drug-likeness (QED) is 0.943. The predicted octanol–water partition coefficient (Wildman–Crippen LogP) is 2.79. The third kappa shape index (κ3) is 3.74. The maximum absolute atomic E-state index is 12.2. The lowest BCUT2D eigenvalue weighted by Gasteiger charge is -2.10. The van der Waals surface area contributed by atoms with E-state index in [2.05, 4.69) is 5.32 Å². The largest absolute Gasteiger partial charge is 0.497 e. The highest BCUT2D eigenvalue weighted by atomic mass is 16.5. The van der Waals surface area contributed by atoms with Crippen LogP contribution in [0.4, 0.5) is 0 Å². The number of rotatable bonds is 4. The van der Waals surface area contributed by atoms with E-state index in [0.717, 1.165) is 29.2 Å². The van der Waals surface area contributed by atoms with Crippen LogP contribution < -0.4 is 19.5 Å². The van der Waals surface area contributed by atoms with Gasteiger partial charge < -0.3 is 19.5 Å². The number of carbonyl (C=O) groups is 1. The zero-order valence-electron chi connectivity index (χ0n) is 13.0. The number of methoxy groups -OCH3 is 1. The summed E-state index contributed by atoms with van der Waals surface area (Å²) in [4.78, 5) is 12.2. The number of nitrogens with one attached hydrogen (secondary N) is 1. The molecule has 1 aliphatic heterocycles. The average Bonchev–Trinajstić information content (AvgIpc) is 2.84. The monoisotopic (exact) mass is 313 g/mol. The van der Waals surface area contributed by atoms with Gasteiger partial charge in [0.2, 0.25) is 0 Å². The lowest BCUT2D eigenvalue weighted by molar-refractivity contribution is 0.0951. The van der Waals surface area contributed by atoms with Crippen LogP contribution in [-0.2, 0) is 6.54 Å². The second-order valence-corrected chi connectivity index (χ2v) is 5.24. The highest BCUT2D eigenvalue weighted by Gasteiger charge is 2.11. The molecule has 23 heavy (non-hydrogen) atoms. The Morgan fingerprint density at radius 1 is 1.09 bits per heavy atom. The molecule has 1 N–H and O–H groups in total. The molecular weight excluding hydrogens is 294 g/mol. The first-order valence-electron chi connectivity index (χ1n) is 7.57. The number of fused-ring (bicyclic) bond motifs is 1. The van der Waals surface area contributed by atoms with E-state index in [1.54, 1.807) is 31.4 Å². The summed E-state index contributed by atoms with van der Waals surface area (Å²) in [6.45, 7) is 1.75. The van der Waals surface area contributed by atoms with E-state index in [1.807, 2.05) is 18.2 Å². The molecule has 0 radical (unpaired) electrons. The molecule has 0 unspecified atom stereocenters. The van der Waals surface area contributed by atoms with Gasteiger partial charge in [0, 0.05) is 18.5 Å². The summed E-state index contributed by atoms with van der Waals surface area (Å²) in [5.41, 5.74) is 1.57. The molecule has 0 saturated heterocycles. The van der Waals surface area contributed by atoms with Gasteiger partial charge in [0.15, 0.2) is 11.5 Å². The van der Waals surface area contributed by atoms with Crippen molar-refractivity contribution < 1.29 is 19.0 Å². The molecule has 120 valence electrons. The van der Waals surface area contributed by atoms with Gasteiger partial charge in [-0.2, -0.15) is 0 Å². The van der Waals surface area contributed by atoms with Gasteiger partial charge in [0.05, 0.1) is 20.3 Å². The van der Waals surface area contributed by atoms with Crippen LogP contribution in [0.15, 0.2) is 42.5 Å². The Bertz CT molecular complexity index is 682. The first kappa shape index (κ1) is 15.2. The zero-order chi connectivity index (χ0) is 16.1. The number of carbonyl (C=O) groups excluding carboxylic acids is 1. The average molecular weight is 313 g/mol. The second kappa shape index (κ2) is 7.05. The fourth-order valence-corrected chi connectivity index (χ4v) is 2.34. The number of benzene rings is 2. The van der Waals surface area contributed by atoms with Crippen LogP contribution in [0, 0.1) is 0 Å². The van der Waals surface area contributed by atoms with Crippen molar-refractivity contribution in [1.29, 1.82) is 0 Å². The highest BCUT2D eigenvalue weighted by molar-refractivity contribution is 5.94. The Hall–Kier alpha value is -2.69. The number of hydrogen-bond donors (Lipinski definition) is 1. The minimum atomic E-state index is -0.125. The van der Waals surface area contributed by atoms with Gasteiger partial charge in [0.1, 0.15) is 5.75 Å². The molecule has 1 amide bonds. The minimum absolute atomic E-state index is 0.125. The van der Waals surface area contributed by atoms with Crippen molar-refractivity contribution in [2.45, 2.75) is 13.0 Å². The van der Waals surface area contributed by atoms with Crippen LogP contribution in [-0.4, -0.2) is 26.2 Å². The van der Waals surface area contributed by atoms with Crippen LogP contribution in [0.5, 0.6) is 17.2 Å². The first-order valence-corrected chi connectivity index (χ1v) is 7.57. The van der Waals surface area contributed by atoms with Gasteiger partial charge in [-0.25, -0.2) is 0 Å². The fraction of sp³-hybridized carbons (Fsp3) is 0.278. The molecule has 0 bridgehead atoms. The lowest BCUT2D eigenvalue weighted by Crippen LogP contribution is -2.22. The normalized spacial score (nSPS) is 13.1. The van der Waals surface area contributed by atoms with Crippen molar-refractivity contribution in [2.24, 2.45) is 0 Å². The third-order valence-corrected chi connectivity index (χ3v) is 3.62. The SMILES string of the molecule is COc1ccc(C(=O)NCc2ccc3c(c2)OCCCO3)cc1. The summed E-state index contributed by atoms with van der Waals surface area (Å²) in [5.74, 6) is 2.09. The van der Waals surface area contributed by atoms with Crippen LogP contribution in [0.1, 0.15) is 22.3 Å². The molecule has 0 aliphatic carbocycles. The topological polar surface area (TPSA) is 56.8 Å². The lowest BCUT2D eigenvalue weighted by atomic mass is 10.1. The number of amides is 1. The second-order valence-electron chi connectivity index (χ2n) is 5.24. The molecule has 3 rings (SSSR count). The van der Waals surface area contributed by atoms with Crippen molar-refractivity contribution >= 4 is 5.91 Å². The van der Waals surface area contributed by atoms with Gasteiger partial charge in [-0.15, -0.1) is 0 Å². The highest BCUT2D eigenvalue weighted by Crippen LogP contribution is 2.30. The van der Waals surface area contributed by atoms with E-state index in [4.69, 9.17) is 14.2 Å². The molecule has 5 heteroatoms. The van der Waals surface area contributed by atoms with E-state index >= 15 is 0 Å². The standard InChI is InChI=1S/C18H19NO4/c1-21-15-6-4-14(5-7-15)18(20)19-12-13-3-8-16-17(11-13)23-10-2-9-22-16/h3-8,11H,2,9-10,12H2,1H3,(H,19,20). The number of hydrogen-bond acceptors (Lipinski definition) is 4. The summed E-state index contributed by atoms with van der Waals surface area (Å²) in [5, 5.41) is 2.90. The van der Waals surface area contributed by atoms with Crippen LogP contribution in [0.2, 0.25) is 0 Å². The van der Waals surface area contributed by atoms with Crippen molar-refractivity contribution in [1.82, 2.24) is 5.32 Å². The summed E-state index contributed by atoms with van der Waals surface area (Å²) >= 11 is 0. The fourth-order valence-electron chi connectivity index (χ4n) is 2.34.